The summed E-state index contributed by atoms with van der Waals surface area (Å²) in [7, 11) is 1.68. The molecule has 118 valence electrons. The predicted octanol–water partition coefficient (Wildman–Crippen LogP) is 2.69. The van der Waals surface area contributed by atoms with Crippen molar-refractivity contribution in [1.82, 2.24) is 10.3 Å². The Labute approximate surface area is 126 Å². The van der Waals surface area contributed by atoms with E-state index in [-0.39, 0.29) is 6.42 Å². The maximum atomic E-state index is 10.5. The van der Waals surface area contributed by atoms with Gasteiger partial charge in [-0.25, -0.2) is 0 Å². The minimum absolute atomic E-state index is 0.247. The van der Waals surface area contributed by atoms with E-state index in [0.717, 1.165) is 42.0 Å². The van der Waals surface area contributed by atoms with Crippen LogP contribution in [-0.2, 0) is 11.3 Å². The van der Waals surface area contributed by atoms with Crippen LogP contribution in [0.5, 0.6) is 5.75 Å². The van der Waals surface area contributed by atoms with Gasteiger partial charge >= 0.3 is 5.97 Å². The summed E-state index contributed by atoms with van der Waals surface area (Å²) in [6.45, 7) is 7.65. The first kappa shape index (κ1) is 17.4. The summed E-state index contributed by atoms with van der Waals surface area (Å²) < 4.78 is 5.39. The highest BCUT2D eigenvalue weighted by Gasteiger charge is 2.09. The van der Waals surface area contributed by atoms with Gasteiger partial charge in [0.1, 0.15) is 5.75 Å². The van der Waals surface area contributed by atoms with E-state index < -0.39 is 5.97 Å². The average Bonchev–Trinajstić information content (AvgIpc) is 2.44. The zero-order valence-electron chi connectivity index (χ0n) is 13.4. The third-order valence-electron chi connectivity index (χ3n) is 3.71. The Kier molecular flexibility index (Phi) is 7.15. The molecule has 5 heteroatoms. The van der Waals surface area contributed by atoms with Gasteiger partial charge in [-0.2, -0.15) is 0 Å². The molecule has 2 N–H and O–H groups in total. The number of rotatable bonds is 9. The van der Waals surface area contributed by atoms with Crippen LogP contribution in [0.1, 0.15) is 43.0 Å². The minimum atomic E-state index is -0.721. The fourth-order valence-electron chi connectivity index (χ4n) is 2.32. The maximum absolute atomic E-state index is 10.5. The first-order valence-electron chi connectivity index (χ1n) is 7.37. The number of aliphatic carboxylic acids is 1. The Balaban J connectivity index is 2.38. The topological polar surface area (TPSA) is 71.5 Å². The molecule has 0 saturated carbocycles. The van der Waals surface area contributed by atoms with Gasteiger partial charge in [-0.05, 0) is 39.2 Å². The molecule has 0 aliphatic rings. The summed E-state index contributed by atoms with van der Waals surface area (Å²) in [5.41, 5.74) is 3.11. The Morgan fingerprint density at radius 2 is 2.14 bits per heavy atom. The molecule has 5 nitrogen and oxygen atoms in total. The van der Waals surface area contributed by atoms with E-state index in [9.17, 15) is 4.79 Å². The van der Waals surface area contributed by atoms with Crippen LogP contribution < -0.4 is 10.1 Å². The van der Waals surface area contributed by atoms with Gasteiger partial charge in [0.15, 0.2) is 0 Å². The van der Waals surface area contributed by atoms with Gasteiger partial charge in [-0.1, -0.05) is 6.92 Å². The molecule has 1 unspecified atom stereocenters. The van der Waals surface area contributed by atoms with Crippen molar-refractivity contribution in [2.75, 3.05) is 13.7 Å². The number of hydrogen-bond donors (Lipinski definition) is 2. The van der Waals surface area contributed by atoms with Crippen LogP contribution in [0.2, 0.25) is 0 Å². The maximum Gasteiger partial charge on any atom is 0.303 e. The van der Waals surface area contributed by atoms with Crippen LogP contribution in [0, 0.1) is 19.8 Å². The number of ether oxygens (including phenoxy) is 1. The van der Waals surface area contributed by atoms with E-state index in [1.165, 1.54) is 0 Å². The highest BCUT2D eigenvalue weighted by atomic mass is 16.5. The highest BCUT2D eigenvalue weighted by Crippen LogP contribution is 2.23. The largest absolute Gasteiger partial charge is 0.496 e. The number of carbonyl (C=O) groups is 1. The lowest BCUT2D eigenvalue weighted by atomic mass is 10.0. The molecule has 1 rings (SSSR count). The van der Waals surface area contributed by atoms with Crippen LogP contribution in [0.25, 0.3) is 0 Å². The number of methoxy groups -OCH3 is 1. The van der Waals surface area contributed by atoms with Gasteiger partial charge < -0.3 is 15.2 Å². The summed E-state index contributed by atoms with van der Waals surface area (Å²) in [6.07, 6.45) is 3.78. The molecular formula is C16H26N2O3. The average molecular weight is 294 g/mol. The number of nitrogens with one attached hydrogen (secondary N) is 1. The normalized spacial score (nSPS) is 12.2. The van der Waals surface area contributed by atoms with Crippen molar-refractivity contribution in [3.63, 3.8) is 0 Å². The summed E-state index contributed by atoms with van der Waals surface area (Å²) in [4.78, 5) is 15.0. The van der Waals surface area contributed by atoms with Crippen LogP contribution in [0.15, 0.2) is 6.20 Å². The third-order valence-corrected chi connectivity index (χ3v) is 3.71. The van der Waals surface area contributed by atoms with Gasteiger partial charge in [0, 0.05) is 30.3 Å². The van der Waals surface area contributed by atoms with Crippen LogP contribution >= 0.6 is 0 Å². The number of aromatic nitrogens is 1. The number of pyridine rings is 1. The summed E-state index contributed by atoms with van der Waals surface area (Å²) >= 11 is 0. The zero-order valence-corrected chi connectivity index (χ0v) is 13.4. The molecule has 1 aromatic rings. The first-order chi connectivity index (χ1) is 9.95. The Morgan fingerprint density at radius 1 is 1.43 bits per heavy atom. The van der Waals surface area contributed by atoms with Crippen molar-refractivity contribution in [3.05, 3.63) is 23.0 Å². The molecule has 0 radical (unpaired) electrons. The lowest BCUT2D eigenvalue weighted by Gasteiger charge is -2.14. The Bertz CT molecular complexity index is 475. The summed E-state index contributed by atoms with van der Waals surface area (Å²) in [6, 6.07) is 0. The molecule has 1 atom stereocenters. The quantitative estimate of drug-likeness (QED) is 0.685. The highest BCUT2D eigenvalue weighted by molar-refractivity contribution is 5.66. The van der Waals surface area contributed by atoms with Crippen LogP contribution in [0.3, 0.4) is 0 Å². The second kappa shape index (κ2) is 8.62. The monoisotopic (exact) mass is 294 g/mol. The van der Waals surface area contributed by atoms with E-state index >= 15 is 0 Å². The molecule has 0 aliphatic carbocycles. The van der Waals surface area contributed by atoms with Gasteiger partial charge in [0.25, 0.3) is 0 Å². The second-order valence-electron chi connectivity index (χ2n) is 5.55. The molecule has 0 aromatic carbocycles. The minimum Gasteiger partial charge on any atom is -0.496 e. The zero-order chi connectivity index (χ0) is 15.8. The number of aryl methyl sites for hydroxylation is 1. The number of nitrogens with zero attached hydrogens (tertiary/aromatic N) is 1. The van der Waals surface area contributed by atoms with E-state index in [4.69, 9.17) is 9.84 Å². The second-order valence-corrected chi connectivity index (χ2v) is 5.55. The molecule has 0 bridgehead atoms. The molecule has 21 heavy (non-hydrogen) atoms. The van der Waals surface area contributed by atoms with Crippen molar-refractivity contribution in [3.8, 4) is 5.75 Å². The molecule has 0 aliphatic heterocycles. The Hall–Kier alpha value is -1.62. The molecule has 0 amide bonds. The van der Waals surface area contributed by atoms with Crippen molar-refractivity contribution >= 4 is 5.97 Å². The van der Waals surface area contributed by atoms with Gasteiger partial charge in [0.2, 0.25) is 0 Å². The van der Waals surface area contributed by atoms with E-state index in [1.807, 2.05) is 20.0 Å². The first-order valence-corrected chi connectivity index (χ1v) is 7.37. The summed E-state index contributed by atoms with van der Waals surface area (Å²) in [5.74, 6) is 0.591. The van der Waals surface area contributed by atoms with Gasteiger partial charge in [-0.15, -0.1) is 0 Å². The lowest BCUT2D eigenvalue weighted by molar-refractivity contribution is -0.137. The molecule has 0 saturated heterocycles. The summed E-state index contributed by atoms with van der Waals surface area (Å²) in [5, 5.41) is 12.0. The van der Waals surface area contributed by atoms with Crippen molar-refractivity contribution < 1.29 is 14.6 Å². The van der Waals surface area contributed by atoms with Crippen LogP contribution in [0.4, 0.5) is 0 Å². The smallest absolute Gasteiger partial charge is 0.303 e. The molecule has 0 spiro atoms. The number of hydrogen-bond acceptors (Lipinski definition) is 4. The van der Waals surface area contributed by atoms with Gasteiger partial charge in [-0.3, -0.25) is 9.78 Å². The molecule has 0 fully saturated rings. The molecular weight excluding hydrogens is 268 g/mol. The van der Waals surface area contributed by atoms with Crippen molar-refractivity contribution in [2.24, 2.45) is 5.92 Å². The van der Waals surface area contributed by atoms with E-state index in [1.54, 1.807) is 7.11 Å². The molecule has 1 heterocycles. The van der Waals surface area contributed by atoms with Crippen molar-refractivity contribution in [1.29, 1.82) is 0 Å². The fraction of sp³-hybridized carbons (Fsp3) is 0.625. The van der Waals surface area contributed by atoms with E-state index in [2.05, 4.69) is 17.2 Å². The standard InChI is InChI=1S/C16H26N2O3/c1-11(5-6-15(19)20)7-8-17-10-14-13(3)16(21-4)12(2)9-18-14/h9,11,17H,5-8,10H2,1-4H3,(H,19,20). The van der Waals surface area contributed by atoms with Gasteiger partial charge in [0.05, 0.1) is 12.8 Å². The van der Waals surface area contributed by atoms with Crippen molar-refractivity contribution in [2.45, 2.75) is 46.6 Å². The van der Waals surface area contributed by atoms with Crippen LogP contribution in [-0.4, -0.2) is 29.7 Å². The molecule has 1 aromatic heterocycles. The predicted molar refractivity (Wildman–Crippen MR) is 82.6 cm³/mol. The Morgan fingerprint density at radius 3 is 2.76 bits per heavy atom. The SMILES string of the molecule is COc1c(C)cnc(CNCCC(C)CCC(=O)O)c1C. The lowest BCUT2D eigenvalue weighted by Crippen LogP contribution is -2.19. The number of carboxylic acid groups (broad SMARTS) is 1. The van der Waals surface area contributed by atoms with E-state index in [0.29, 0.717) is 12.5 Å². The third kappa shape index (κ3) is 5.71. The number of carboxylic acids is 1. The fourth-order valence-corrected chi connectivity index (χ4v) is 2.32.